The first kappa shape index (κ1) is 15.6. The summed E-state index contributed by atoms with van der Waals surface area (Å²) < 4.78 is 25.0. The van der Waals surface area contributed by atoms with Crippen LogP contribution in [0.5, 0.6) is 0 Å². The number of carboxylic acids is 1. The Morgan fingerprint density at radius 2 is 2.16 bits per heavy atom. The highest BCUT2D eigenvalue weighted by Crippen LogP contribution is 2.19. The molecule has 0 aromatic carbocycles. The van der Waals surface area contributed by atoms with Gasteiger partial charge in [0.05, 0.1) is 6.54 Å². The molecule has 0 radical (unpaired) electrons. The number of hydrogen-bond donors (Lipinski definition) is 2. The Morgan fingerprint density at radius 1 is 1.53 bits per heavy atom. The number of carbonyl (C=O) groups excluding carboxylic acids is 1. The van der Waals surface area contributed by atoms with Crippen molar-refractivity contribution in [2.24, 2.45) is 0 Å². The highest BCUT2D eigenvalue weighted by Gasteiger charge is 2.24. The highest BCUT2D eigenvalue weighted by atomic mass is 32.2. The van der Waals surface area contributed by atoms with Gasteiger partial charge in [-0.2, -0.15) is 4.31 Å². The van der Waals surface area contributed by atoms with E-state index in [0.717, 1.165) is 15.6 Å². The Labute approximate surface area is 114 Å². The minimum Gasteiger partial charge on any atom is -0.480 e. The second kappa shape index (κ2) is 6.13. The van der Waals surface area contributed by atoms with Gasteiger partial charge in [0.1, 0.15) is 10.3 Å². The van der Waals surface area contributed by atoms with Gasteiger partial charge in [-0.25, -0.2) is 8.42 Å². The first-order valence-corrected chi connectivity index (χ1v) is 7.59. The van der Waals surface area contributed by atoms with Crippen LogP contribution in [0.15, 0.2) is 21.7 Å². The summed E-state index contributed by atoms with van der Waals surface area (Å²) in [4.78, 5) is 22.1. The molecule has 106 valence electrons. The molecule has 0 saturated heterocycles. The van der Waals surface area contributed by atoms with Crippen LogP contribution in [-0.4, -0.2) is 49.3 Å². The second-order valence-corrected chi connectivity index (χ2v) is 7.04. The summed E-state index contributed by atoms with van der Waals surface area (Å²) in [6.45, 7) is 0.867. The van der Waals surface area contributed by atoms with Crippen LogP contribution in [0.3, 0.4) is 0 Å². The van der Waals surface area contributed by atoms with Crippen LogP contribution in [0.2, 0.25) is 0 Å². The normalized spacial score (nSPS) is 13.2. The Kier molecular flexibility index (Phi) is 5.04. The van der Waals surface area contributed by atoms with Gasteiger partial charge in [-0.3, -0.25) is 9.59 Å². The van der Waals surface area contributed by atoms with Gasteiger partial charge in [-0.05, 0) is 18.4 Å². The first-order valence-electron chi connectivity index (χ1n) is 5.27. The smallest absolute Gasteiger partial charge is 0.325 e. The number of rotatable bonds is 6. The predicted molar refractivity (Wildman–Crippen MR) is 69.4 cm³/mol. The van der Waals surface area contributed by atoms with E-state index in [0.29, 0.717) is 0 Å². The van der Waals surface area contributed by atoms with Gasteiger partial charge >= 0.3 is 5.97 Å². The summed E-state index contributed by atoms with van der Waals surface area (Å²) in [7, 11) is -2.44. The number of likely N-dealkylation sites (N-methyl/N-ethyl adjacent to an activating group) is 1. The molecule has 0 aliphatic carbocycles. The third-order valence-electron chi connectivity index (χ3n) is 2.27. The van der Waals surface area contributed by atoms with Crippen molar-refractivity contribution in [1.29, 1.82) is 0 Å². The zero-order valence-electron chi connectivity index (χ0n) is 10.4. The van der Waals surface area contributed by atoms with Crippen molar-refractivity contribution in [1.82, 2.24) is 9.62 Å². The molecule has 1 heterocycles. The van der Waals surface area contributed by atoms with Gasteiger partial charge in [0.15, 0.2) is 0 Å². The molecule has 0 fully saturated rings. The number of nitrogens with one attached hydrogen (secondary N) is 1. The average Bonchev–Trinajstić information content (AvgIpc) is 2.82. The van der Waals surface area contributed by atoms with E-state index < -0.39 is 34.5 Å². The molecule has 0 saturated carbocycles. The van der Waals surface area contributed by atoms with Crippen molar-refractivity contribution < 1.29 is 23.1 Å². The van der Waals surface area contributed by atoms with Gasteiger partial charge in [-0.15, -0.1) is 11.3 Å². The molecule has 0 aliphatic rings. The molecule has 0 unspecified atom stereocenters. The zero-order valence-corrected chi connectivity index (χ0v) is 12.0. The fraction of sp³-hybridized carbons (Fsp3) is 0.400. The quantitative estimate of drug-likeness (QED) is 0.767. The Balaban J connectivity index is 2.68. The fourth-order valence-corrected chi connectivity index (χ4v) is 3.53. The summed E-state index contributed by atoms with van der Waals surface area (Å²) in [6.07, 6.45) is 0. The van der Waals surface area contributed by atoms with Crippen molar-refractivity contribution in [2.45, 2.75) is 17.2 Å². The lowest BCUT2D eigenvalue weighted by Crippen LogP contribution is -2.44. The number of nitrogens with zero attached hydrogens (tertiary/aromatic N) is 1. The van der Waals surface area contributed by atoms with Crippen LogP contribution in [0, 0.1) is 0 Å². The summed E-state index contributed by atoms with van der Waals surface area (Å²) in [5.74, 6) is -1.85. The number of sulfonamides is 1. The van der Waals surface area contributed by atoms with E-state index in [9.17, 15) is 18.0 Å². The Bertz CT molecular complexity index is 552. The number of thiophene rings is 1. The molecule has 0 spiro atoms. The van der Waals surface area contributed by atoms with Gasteiger partial charge < -0.3 is 10.4 Å². The molecule has 0 bridgehead atoms. The van der Waals surface area contributed by atoms with E-state index in [-0.39, 0.29) is 4.21 Å². The van der Waals surface area contributed by atoms with Crippen LogP contribution in [-0.2, 0) is 19.6 Å². The number of hydrogen-bond acceptors (Lipinski definition) is 5. The van der Waals surface area contributed by atoms with Gasteiger partial charge in [0.2, 0.25) is 5.91 Å². The SMILES string of the molecule is C[C@@H](NC(=O)CN(C)S(=O)(=O)c1cccs1)C(=O)O. The predicted octanol–water partition coefficient (Wildman–Crippen LogP) is -0.0421. The lowest BCUT2D eigenvalue weighted by Gasteiger charge is -2.16. The molecule has 1 aromatic rings. The van der Waals surface area contributed by atoms with Crippen molar-refractivity contribution in [3.05, 3.63) is 17.5 Å². The number of carboxylic acid groups (broad SMARTS) is 1. The second-order valence-electron chi connectivity index (χ2n) is 3.82. The third-order valence-corrected chi connectivity index (χ3v) is 5.45. The maximum absolute atomic E-state index is 12.0. The monoisotopic (exact) mass is 306 g/mol. The summed E-state index contributed by atoms with van der Waals surface area (Å²) in [5, 5.41) is 12.4. The average molecular weight is 306 g/mol. The maximum Gasteiger partial charge on any atom is 0.325 e. The van der Waals surface area contributed by atoms with Crippen molar-refractivity contribution >= 4 is 33.2 Å². The lowest BCUT2D eigenvalue weighted by atomic mass is 10.3. The van der Waals surface area contributed by atoms with Crippen LogP contribution in [0.1, 0.15) is 6.92 Å². The highest BCUT2D eigenvalue weighted by molar-refractivity contribution is 7.91. The Hall–Kier alpha value is -1.45. The van der Waals surface area contributed by atoms with E-state index in [1.807, 2.05) is 0 Å². The van der Waals surface area contributed by atoms with E-state index in [4.69, 9.17) is 5.11 Å². The molecule has 0 aliphatic heterocycles. The van der Waals surface area contributed by atoms with Crippen molar-refractivity contribution in [2.75, 3.05) is 13.6 Å². The first-order chi connectivity index (χ1) is 8.75. The van der Waals surface area contributed by atoms with Crippen LogP contribution in [0.25, 0.3) is 0 Å². The molecule has 2 N–H and O–H groups in total. The fourth-order valence-electron chi connectivity index (χ4n) is 1.20. The van der Waals surface area contributed by atoms with Gasteiger partial charge in [0.25, 0.3) is 10.0 Å². The lowest BCUT2D eigenvalue weighted by molar-refractivity contribution is -0.141. The largest absolute Gasteiger partial charge is 0.480 e. The minimum absolute atomic E-state index is 0.133. The molecule has 1 rings (SSSR count). The molecule has 1 amide bonds. The zero-order chi connectivity index (χ0) is 14.6. The van der Waals surface area contributed by atoms with E-state index in [1.54, 1.807) is 11.4 Å². The summed E-state index contributed by atoms with van der Waals surface area (Å²) >= 11 is 1.05. The van der Waals surface area contributed by atoms with E-state index in [1.165, 1.54) is 20.0 Å². The minimum atomic E-state index is -3.70. The maximum atomic E-state index is 12.0. The van der Waals surface area contributed by atoms with E-state index in [2.05, 4.69) is 5.32 Å². The van der Waals surface area contributed by atoms with Crippen molar-refractivity contribution in [3.8, 4) is 0 Å². The molecular formula is C10H14N2O5S2. The molecule has 9 heteroatoms. The molecular weight excluding hydrogens is 292 g/mol. The summed E-state index contributed by atoms with van der Waals surface area (Å²) in [5.41, 5.74) is 0. The number of carbonyl (C=O) groups is 2. The molecule has 1 aromatic heterocycles. The van der Waals surface area contributed by atoms with Crippen LogP contribution < -0.4 is 5.32 Å². The third kappa shape index (κ3) is 4.01. The topological polar surface area (TPSA) is 104 Å². The molecule has 7 nitrogen and oxygen atoms in total. The Morgan fingerprint density at radius 3 is 2.63 bits per heavy atom. The van der Waals surface area contributed by atoms with Crippen LogP contribution >= 0.6 is 11.3 Å². The number of amides is 1. The van der Waals surface area contributed by atoms with Gasteiger partial charge in [-0.1, -0.05) is 6.07 Å². The van der Waals surface area contributed by atoms with Crippen molar-refractivity contribution in [3.63, 3.8) is 0 Å². The standard InChI is InChI=1S/C10H14N2O5S2/c1-7(10(14)15)11-8(13)6-12(2)19(16,17)9-4-3-5-18-9/h3-5,7H,6H2,1-2H3,(H,11,13)(H,14,15)/t7-/m1/s1. The summed E-state index contributed by atoms with van der Waals surface area (Å²) in [6, 6.07) is 1.97. The molecule has 19 heavy (non-hydrogen) atoms. The number of aliphatic carboxylic acids is 1. The van der Waals surface area contributed by atoms with E-state index >= 15 is 0 Å². The van der Waals surface area contributed by atoms with Crippen LogP contribution in [0.4, 0.5) is 0 Å². The molecule has 1 atom stereocenters. The van der Waals surface area contributed by atoms with Gasteiger partial charge in [0, 0.05) is 7.05 Å².